The minimum atomic E-state index is -0.703. The summed E-state index contributed by atoms with van der Waals surface area (Å²) >= 11 is 7.73. The molecule has 0 unspecified atom stereocenters. The van der Waals surface area contributed by atoms with Crippen LogP contribution < -0.4 is 5.56 Å². The number of aromatic nitrogens is 2. The number of benzene rings is 1. The molecule has 0 N–H and O–H groups in total. The largest absolute Gasteiger partial charge is 0.459 e. The number of hydrogen-bond acceptors (Lipinski definition) is 5. The Balaban J connectivity index is 1.63. The molecule has 0 radical (unpaired) electrons. The van der Waals surface area contributed by atoms with Crippen molar-refractivity contribution >= 4 is 39.1 Å². The standard InChI is InChI=1S/C21H21ClN2O3S/c1-2-16(21(26)27-11-13-7-3-5-9-15(13)22)24-12-23-19-18(20(24)25)14-8-4-6-10-17(14)28-19/h3,5,7,9,12,16H,2,4,6,8,10-11H2,1H3/t16-/m1/s1. The molecular weight excluding hydrogens is 396 g/mol. The lowest BCUT2D eigenvalue weighted by Gasteiger charge is -2.17. The molecule has 2 heterocycles. The maximum Gasteiger partial charge on any atom is 0.329 e. The molecule has 146 valence electrons. The van der Waals surface area contributed by atoms with Crippen molar-refractivity contribution < 1.29 is 9.53 Å². The number of carbonyl (C=O) groups is 1. The lowest BCUT2D eigenvalue weighted by atomic mass is 9.97. The van der Waals surface area contributed by atoms with Gasteiger partial charge in [-0.3, -0.25) is 9.36 Å². The minimum Gasteiger partial charge on any atom is -0.459 e. The summed E-state index contributed by atoms with van der Waals surface area (Å²) in [6, 6.07) is 6.53. The van der Waals surface area contributed by atoms with E-state index >= 15 is 0 Å². The molecule has 0 amide bonds. The molecule has 4 rings (SSSR count). The van der Waals surface area contributed by atoms with Crippen molar-refractivity contribution in [1.29, 1.82) is 0 Å². The summed E-state index contributed by atoms with van der Waals surface area (Å²) in [6.07, 6.45) is 6.08. The van der Waals surface area contributed by atoms with E-state index in [0.29, 0.717) is 16.8 Å². The number of aryl methyl sites for hydroxylation is 2. The van der Waals surface area contributed by atoms with Crippen LogP contribution in [-0.4, -0.2) is 15.5 Å². The van der Waals surface area contributed by atoms with Crippen molar-refractivity contribution in [3.05, 3.63) is 62.0 Å². The van der Waals surface area contributed by atoms with E-state index in [1.165, 1.54) is 15.8 Å². The zero-order valence-corrected chi connectivity index (χ0v) is 17.2. The zero-order chi connectivity index (χ0) is 19.7. The lowest BCUT2D eigenvalue weighted by molar-refractivity contribution is -0.149. The number of halogens is 1. The Bertz CT molecular complexity index is 1090. The predicted octanol–water partition coefficient (Wildman–Crippen LogP) is 4.68. The van der Waals surface area contributed by atoms with Gasteiger partial charge in [0.25, 0.3) is 5.56 Å². The number of esters is 1. The summed E-state index contributed by atoms with van der Waals surface area (Å²) in [7, 11) is 0. The van der Waals surface area contributed by atoms with Gasteiger partial charge in [-0.15, -0.1) is 11.3 Å². The minimum absolute atomic E-state index is 0.0767. The normalized spacial score (nSPS) is 14.6. The van der Waals surface area contributed by atoms with E-state index in [0.717, 1.165) is 41.6 Å². The molecule has 0 saturated carbocycles. The topological polar surface area (TPSA) is 61.2 Å². The number of ether oxygens (including phenoxy) is 1. The van der Waals surface area contributed by atoms with Crippen molar-refractivity contribution in [2.75, 3.05) is 0 Å². The van der Waals surface area contributed by atoms with Gasteiger partial charge in [-0.05, 0) is 43.7 Å². The van der Waals surface area contributed by atoms with Crippen molar-refractivity contribution in [2.45, 2.75) is 51.7 Å². The van der Waals surface area contributed by atoms with E-state index in [4.69, 9.17) is 16.3 Å². The fourth-order valence-electron chi connectivity index (χ4n) is 3.72. The summed E-state index contributed by atoms with van der Waals surface area (Å²) < 4.78 is 6.90. The first-order valence-electron chi connectivity index (χ1n) is 9.51. The quantitative estimate of drug-likeness (QED) is 0.566. The number of nitrogens with zero attached hydrogens (tertiary/aromatic N) is 2. The van der Waals surface area contributed by atoms with Gasteiger partial charge in [-0.2, -0.15) is 0 Å². The first-order valence-corrected chi connectivity index (χ1v) is 10.7. The molecule has 1 aliphatic carbocycles. The SMILES string of the molecule is CC[C@H](C(=O)OCc1ccccc1Cl)n1cnc2sc3c(c2c1=O)CCCC3. The Morgan fingerprint density at radius 2 is 2.11 bits per heavy atom. The molecule has 0 spiro atoms. The van der Waals surface area contributed by atoms with Crippen LogP contribution >= 0.6 is 22.9 Å². The third kappa shape index (κ3) is 3.47. The second-order valence-electron chi connectivity index (χ2n) is 6.97. The molecule has 0 aliphatic heterocycles. The van der Waals surface area contributed by atoms with Gasteiger partial charge in [0.1, 0.15) is 17.5 Å². The van der Waals surface area contributed by atoms with E-state index in [1.807, 2.05) is 25.1 Å². The maximum absolute atomic E-state index is 13.2. The number of hydrogen-bond donors (Lipinski definition) is 0. The van der Waals surface area contributed by atoms with Gasteiger partial charge in [-0.25, -0.2) is 9.78 Å². The first-order chi connectivity index (χ1) is 13.6. The zero-order valence-electron chi connectivity index (χ0n) is 15.6. The summed E-state index contributed by atoms with van der Waals surface area (Å²) in [4.78, 5) is 32.4. The summed E-state index contributed by atoms with van der Waals surface area (Å²) in [6.45, 7) is 1.94. The van der Waals surface area contributed by atoms with E-state index in [9.17, 15) is 9.59 Å². The highest BCUT2D eigenvalue weighted by Crippen LogP contribution is 2.33. The van der Waals surface area contributed by atoms with E-state index < -0.39 is 12.0 Å². The number of carbonyl (C=O) groups excluding carboxylic acids is 1. The molecule has 1 atom stereocenters. The molecule has 28 heavy (non-hydrogen) atoms. The van der Waals surface area contributed by atoms with Crippen LogP contribution in [0.2, 0.25) is 5.02 Å². The fraction of sp³-hybridized carbons (Fsp3) is 0.381. The van der Waals surface area contributed by atoms with Gasteiger partial charge in [0.2, 0.25) is 0 Å². The van der Waals surface area contributed by atoms with Crippen molar-refractivity contribution in [2.24, 2.45) is 0 Å². The van der Waals surface area contributed by atoms with Crippen molar-refractivity contribution in [1.82, 2.24) is 9.55 Å². The van der Waals surface area contributed by atoms with Crippen LogP contribution in [0.5, 0.6) is 0 Å². The molecule has 5 nitrogen and oxygen atoms in total. The maximum atomic E-state index is 13.2. The molecule has 1 aliphatic rings. The van der Waals surface area contributed by atoms with Crippen LogP contribution in [-0.2, 0) is 29.0 Å². The second kappa shape index (κ2) is 8.05. The van der Waals surface area contributed by atoms with E-state index in [-0.39, 0.29) is 12.2 Å². The van der Waals surface area contributed by atoms with Crippen LogP contribution in [0.25, 0.3) is 10.2 Å². The first kappa shape index (κ1) is 19.2. The Labute approximate surface area is 171 Å². The van der Waals surface area contributed by atoms with E-state index in [2.05, 4.69) is 4.98 Å². The number of thiophene rings is 1. The Kier molecular flexibility index (Phi) is 5.51. The Hall–Kier alpha value is -2.18. The van der Waals surface area contributed by atoms with Gasteiger partial charge in [0, 0.05) is 15.5 Å². The van der Waals surface area contributed by atoms with Gasteiger partial charge in [0.05, 0.1) is 11.7 Å². The smallest absolute Gasteiger partial charge is 0.329 e. The predicted molar refractivity (Wildman–Crippen MR) is 111 cm³/mol. The van der Waals surface area contributed by atoms with Crippen LogP contribution in [0.15, 0.2) is 35.4 Å². The molecule has 2 aromatic heterocycles. The second-order valence-corrected chi connectivity index (χ2v) is 8.46. The van der Waals surface area contributed by atoms with Crippen LogP contribution in [0.3, 0.4) is 0 Å². The molecule has 0 bridgehead atoms. The number of rotatable bonds is 5. The van der Waals surface area contributed by atoms with Gasteiger partial charge >= 0.3 is 5.97 Å². The summed E-state index contributed by atoms with van der Waals surface area (Å²) in [5, 5.41) is 1.23. The molecule has 0 fully saturated rings. The average molecular weight is 417 g/mol. The third-order valence-corrected chi connectivity index (χ3v) is 6.79. The van der Waals surface area contributed by atoms with Crippen molar-refractivity contribution in [3.8, 4) is 0 Å². The van der Waals surface area contributed by atoms with Crippen LogP contribution in [0.1, 0.15) is 48.2 Å². The molecule has 7 heteroatoms. The Morgan fingerprint density at radius 3 is 2.89 bits per heavy atom. The highest BCUT2D eigenvalue weighted by Gasteiger charge is 2.25. The lowest BCUT2D eigenvalue weighted by Crippen LogP contribution is -2.31. The molecule has 3 aromatic rings. The monoisotopic (exact) mass is 416 g/mol. The van der Waals surface area contributed by atoms with Crippen LogP contribution in [0.4, 0.5) is 0 Å². The highest BCUT2D eigenvalue weighted by molar-refractivity contribution is 7.18. The highest BCUT2D eigenvalue weighted by atomic mass is 35.5. The average Bonchev–Trinajstić information content (AvgIpc) is 3.09. The molecular formula is C21H21ClN2O3S. The van der Waals surface area contributed by atoms with Gasteiger partial charge < -0.3 is 4.74 Å². The Morgan fingerprint density at radius 1 is 1.32 bits per heavy atom. The molecule has 1 aromatic carbocycles. The third-order valence-electron chi connectivity index (χ3n) is 5.22. The summed E-state index contributed by atoms with van der Waals surface area (Å²) in [5.41, 5.74) is 1.71. The number of fused-ring (bicyclic) bond motifs is 3. The molecule has 0 saturated heterocycles. The van der Waals surface area contributed by atoms with Gasteiger partial charge in [0.15, 0.2) is 0 Å². The van der Waals surface area contributed by atoms with E-state index in [1.54, 1.807) is 17.4 Å². The van der Waals surface area contributed by atoms with Crippen LogP contribution in [0, 0.1) is 0 Å². The summed E-state index contributed by atoms with van der Waals surface area (Å²) in [5.74, 6) is -0.449. The van der Waals surface area contributed by atoms with Crippen molar-refractivity contribution in [3.63, 3.8) is 0 Å². The fourth-order valence-corrected chi connectivity index (χ4v) is 5.13. The van der Waals surface area contributed by atoms with Gasteiger partial charge in [-0.1, -0.05) is 36.7 Å².